The molecule has 0 saturated carbocycles. The van der Waals surface area contributed by atoms with E-state index in [0.717, 1.165) is 125 Å². The lowest BCUT2D eigenvalue weighted by Crippen LogP contribution is -2.16. The lowest BCUT2D eigenvalue weighted by Gasteiger charge is -2.29. The number of ether oxygens (including phenoxy) is 6. The van der Waals surface area contributed by atoms with Crippen molar-refractivity contribution in [2.45, 2.75) is 213 Å². The van der Waals surface area contributed by atoms with E-state index in [9.17, 15) is 28.8 Å². The van der Waals surface area contributed by atoms with E-state index >= 15 is 4.57 Å². The summed E-state index contributed by atoms with van der Waals surface area (Å²) >= 11 is 0. The molecule has 0 fully saturated rings. The molecule has 92 heavy (non-hydrogen) atoms. The number of carbonyl (C=O) groups excluding carboxylic acids is 6. The van der Waals surface area contributed by atoms with Crippen LogP contribution in [-0.4, -0.2) is 75.5 Å². The van der Waals surface area contributed by atoms with Gasteiger partial charge in [-0.3, -0.25) is 0 Å². The first-order valence-electron chi connectivity index (χ1n) is 33.1. The Balaban J connectivity index is 2.49. The standard InChI is InChI=1S/C75H105O16P/c1-13-67(76)83-49-31-19-25-37-58-43-46-61(55(7)8)73(64(58)40-28-22-34-52-86-70(79)16-4)89-92(82,90-74-62(56(9)10)47-44-59(38-26-20-32-50-84-68(77)14-2)65(74)41-29-23-35-53-87-71(80)17-5)91-75-63(57(11)12)48-45-60(39-27-21-33-51-85-69(78)15-3)66(75)42-30-24-36-54-88-72(81)18-6/h13-18,43-48,55-57H,1-6,19-42,49-54H2,7-12H3. The second kappa shape index (κ2) is 44.9. The summed E-state index contributed by atoms with van der Waals surface area (Å²) in [7, 11) is -4.95. The minimum absolute atomic E-state index is 0.128. The minimum Gasteiger partial charge on any atom is -0.463 e. The average Bonchev–Trinajstić information content (AvgIpc) is 0.844. The first-order chi connectivity index (χ1) is 44.3. The number of benzene rings is 3. The SMILES string of the molecule is C=CC(=O)OCCCCCc1ccc(C(C)C)c(OP(=O)(Oc2c(C(C)C)ccc(CCCCCOC(=O)C=C)c2CCCCCOC(=O)C=C)Oc2c(C(C)C)ccc(CCCCCOC(=O)C=C)c2CCCCCOC(=O)C=C)c1CCCCCOC(=O)C=C. The van der Waals surface area contributed by atoms with E-state index < -0.39 is 43.6 Å². The molecule has 3 aromatic carbocycles. The van der Waals surface area contributed by atoms with Gasteiger partial charge in [0, 0.05) is 36.5 Å². The Morgan fingerprint density at radius 1 is 0.315 bits per heavy atom. The van der Waals surface area contributed by atoms with Crippen molar-refractivity contribution in [3.05, 3.63) is 162 Å². The van der Waals surface area contributed by atoms with Crippen LogP contribution < -0.4 is 13.6 Å². The molecule has 506 valence electrons. The molecular formula is C75H105O16P. The fraction of sp³-hybridized carbons (Fsp3) is 0.520. The summed E-state index contributed by atoms with van der Waals surface area (Å²) in [5.41, 5.74) is 7.94. The van der Waals surface area contributed by atoms with E-state index in [1.54, 1.807) is 0 Å². The minimum atomic E-state index is -4.95. The highest BCUT2D eigenvalue weighted by atomic mass is 31.2. The zero-order chi connectivity index (χ0) is 67.7. The fourth-order valence-electron chi connectivity index (χ4n) is 10.6. The van der Waals surface area contributed by atoms with Crippen LogP contribution in [0.15, 0.2) is 112 Å². The summed E-state index contributed by atoms with van der Waals surface area (Å²) in [6.07, 6.45) is 22.6. The van der Waals surface area contributed by atoms with E-state index in [4.69, 9.17) is 42.0 Å². The molecule has 0 heterocycles. The van der Waals surface area contributed by atoms with Crippen LogP contribution in [0.5, 0.6) is 17.2 Å². The maximum Gasteiger partial charge on any atom is 0.647 e. The molecule has 0 radical (unpaired) electrons. The van der Waals surface area contributed by atoms with Crippen molar-refractivity contribution in [3.63, 3.8) is 0 Å². The van der Waals surface area contributed by atoms with Crippen molar-refractivity contribution >= 4 is 43.6 Å². The third kappa shape index (κ3) is 29.4. The van der Waals surface area contributed by atoms with Gasteiger partial charge < -0.3 is 42.0 Å². The van der Waals surface area contributed by atoms with Gasteiger partial charge in [0.2, 0.25) is 0 Å². The van der Waals surface area contributed by atoms with E-state index in [1.807, 2.05) is 18.2 Å². The van der Waals surface area contributed by atoms with Gasteiger partial charge in [0.15, 0.2) is 0 Å². The predicted octanol–water partition coefficient (Wildman–Crippen LogP) is 17.4. The van der Waals surface area contributed by atoms with Crippen molar-refractivity contribution in [3.8, 4) is 17.2 Å². The molecule has 0 unspecified atom stereocenters. The van der Waals surface area contributed by atoms with Gasteiger partial charge in [0.05, 0.1) is 39.6 Å². The third-order valence-corrected chi connectivity index (χ3v) is 16.8. The quantitative estimate of drug-likeness (QED) is 0.0170. The van der Waals surface area contributed by atoms with Gasteiger partial charge in [0.25, 0.3) is 0 Å². The Labute approximate surface area is 549 Å². The maximum atomic E-state index is 17.4. The van der Waals surface area contributed by atoms with Crippen LogP contribution in [0.25, 0.3) is 0 Å². The van der Waals surface area contributed by atoms with Crippen LogP contribution in [0.3, 0.4) is 0 Å². The maximum absolute atomic E-state index is 17.4. The molecule has 3 aromatic rings. The second-order valence-electron chi connectivity index (χ2n) is 23.6. The Morgan fingerprint density at radius 2 is 0.511 bits per heavy atom. The van der Waals surface area contributed by atoms with E-state index in [1.165, 1.54) is 0 Å². The number of phosphoric acid groups is 1. The summed E-state index contributed by atoms with van der Waals surface area (Å²) in [4.78, 5) is 71.7. The Hall–Kier alpha value is -7.45. The molecule has 0 spiro atoms. The Kier molecular flexibility index (Phi) is 38.5. The zero-order valence-electron chi connectivity index (χ0n) is 56.1. The number of esters is 6. The van der Waals surface area contributed by atoms with Gasteiger partial charge in [-0.15, -0.1) is 0 Å². The summed E-state index contributed by atoms with van der Waals surface area (Å²) in [5.74, 6) is -2.05. The molecule has 0 amide bonds. The molecule has 0 aliphatic rings. The van der Waals surface area contributed by atoms with Gasteiger partial charge in [0.1, 0.15) is 17.2 Å². The highest BCUT2D eigenvalue weighted by Crippen LogP contribution is 2.57. The van der Waals surface area contributed by atoms with Crippen LogP contribution in [0.4, 0.5) is 0 Å². The van der Waals surface area contributed by atoms with Gasteiger partial charge in [-0.1, -0.05) is 117 Å². The van der Waals surface area contributed by atoms with Crippen LogP contribution >= 0.6 is 7.82 Å². The van der Waals surface area contributed by atoms with Crippen LogP contribution in [0.2, 0.25) is 0 Å². The number of unbranched alkanes of at least 4 members (excludes halogenated alkanes) is 12. The summed E-state index contributed by atoms with van der Waals surface area (Å²) in [6.45, 7) is 35.0. The third-order valence-electron chi connectivity index (χ3n) is 15.6. The second-order valence-corrected chi connectivity index (χ2v) is 25.1. The molecule has 17 heteroatoms. The highest BCUT2D eigenvalue weighted by Gasteiger charge is 2.40. The van der Waals surface area contributed by atoms with Crippen molar-refractivity contribution in [1.82, 2.24) is 0 Å². The number of carbonyl (C=O) groups is 6. The molecule has 3 rings (SSSR count). The number of hydrogen-bond acceptors (Lipinski definition) is 16. The molecule has 0 atom stereocenters. The van der Waals surface area contributed by atoms with Crippen molar-refractivity contribution in [2.75, 3.05) is 39.6 Å². The van der Waals surface area contributed by atoms with Gasteiger partial charge in [-0.2, -0.15) is 4.57 Å². The van der Waals surface area contributed by atoms with E-state index in [-0.39, 0.29) is 57.4 Å². The molecule has 0 N–H and O–H groups in total. The van der Waals surface area contributed by atoms with Crippen LogP contribution in [0.1, 0.15) is 225 Å². The van der Waals surface area contributed by atoms with Gasteiger partial charge in [-0.05, 0) is 222 Å². The first-order valence-corrected chi connectivity index (χ1v) is 34.6. The van der Waals surface area contributed by atoms with Gasteiger partial charge >= 0.3 is 43.6 Å². The van der Waals surface area contributed by atoms with Crippen LogP contribution in [-0.2, 0) is 100 Å². The fourth-order valence-corrected chi connectivity index (χ4v) is 12.0. The largest absolute Gasteiger partial charge is 0.647 e. The van der Waals surface area contributed by atoms with Gasteiger partial charge in [-0.25, -0.2) is 28.8 Å². The number of rotatable bonds is 51. The number of aryl methyl sites for hydroxylation is 3. The lowest BCUT2D eigenvalue weighted by atomic mass is 9.90. The van der Waals surface area contributed by atoms with Crippen molar-refractivity contribution < 1.29 is 75.3 Å². The molecule has 0 aliphatic carbocycles. The number of phosphoric ester groups is 1. The summed E-state index contributed by atoms with van der Waals surface area (Å²) in [5, 5.41) is 0. The lowest BCUT2D eigenvalue weighted by molar-refractivity contribution is -0.138. The van der Waals surface area contributed by atoms with E-state index in [0.29, 0.717) is 133 Å². The number of hydrogen-bond donors (Lipinski definition) is 0. The predicted molar refractivity (Wildman–Crippen MR) is 363 cm³/mol. The Morgan fingerprint density at radius 3 is 0.696 bits per heavy atom. The molecule has 16 nitrogen and oxygen atoms in total. The van der Waals surface area contributed by atoms with Crippen molar-refractivity contribution in [2.24, 2.45) is 0 Å². The summed E-state index contributed by atoms with van der Waals surface area (Å²) in [6, 6.07) is 12.5. The first kappa shape index (κ1) is 78.8. The Bertz CT molecular complexity index is 2630. The highest BCUT2D eigenvalue weighted by molar-refractivity contribution is 7.49. The van der Waals surface area contributed by atoms with Crippen LogP contribution in [0, 0.1) is 0 Å². The smallest absolute Gasteiger partial charge is 0.463 e. The molecule has 0 aromatic heterocycles. The monoisotopic (exact) mass is 1290 g/mol. The summed E-state index contributed by atoms with van der Waals surface area (Å²) < 4.78 is 71.5. The molecule has 0 saturated heterocycles. The zero-order valence-corrected chi connectivity index (χ0v) is 57.0. The van der Waals surface area contributed by atoms with Crippen molar-refractivity contribution in [1.29, 1.82) is 0 Å². The van der Waals surface area contributed by atoms with E-state index in [2.05, 4.69) is 99.2 Å². The average molecular weight is 1290 g/mol. The molecular weight excluding hydrogens is 1190 g/mol. The topological polar surface area (TPSA) is 203 Å². The molecule has 0 bridgehead atoms. The normalized spacial score (nSPS) is 11.1. The molecule has 0 aliphatic heterocycles.